The van der Waals surface area contributed by atoms with E-state index in [1.807, 2.05) is 66.7 Å². The SMILES string of the molecule is O=c1c2cc(-c3ccccc3)sc2nnn1CCOc1ccccc1. The summed E-state index contributed by atoms with van der Waals surface area (Å²) in [6.45, 7) is 0.715. The van der Waals surface area contributed by atoms with Gasteiger partial charge in [-0.1, -0.05) is 53.7 Å². The van der Waals surface area contributed by atoms with E-state index in [-0.39, 0.29) is 5.56 Å². The van der Waals surface area contributed by atoms with E-state index in [1.54, 1.807) is 0 Å². The van der Waals surface area contributed by atoms with Crippen molar-refractivity contribution in [2.45, 2.75) is 6.54 Å². The second-order valence-corrected chi connectivity index (χ2v) is 6.51. The summed E-state index contributed by atoms with van der Waals surface area (Å²) < 4.78 is 6.98. The molecule has 2 aromatic carbocycles. The Kier molecular flexibility index (Phi) is 4.26. The molecular weight excluding hydrogens is 334 g/mol. The van der Waals surface area contributed by atoms with Gasteiger partial charge < -0.3 is 4.74 Å². The largest absolute Gasteiger partial charge is 0.492 e. The van der Waals surface area contributed by atoms with Crippen LogP contribution in [0.2, 0.25) is 0 Å². The Morgan fingerprint density at radius 1 is 1.00 bits per heavy atom. The summed E-state index contributed by atoms with van der Waals surface area (Å²) >= 11 is 1.48. The molecule has 0 fully saturated rings. The van der Waals surface area contributed by atoms with E-state index >= 15 is 0 Å². The van der Waals surface area contributed by atoms with Crippen molar-refractivity contribution in [1.82, 2.24) is 15.0 Å². The van der Waals surface area contributed by atoms with Crippen LogP contribution in [0.5, 0.6) is 5.75 Å². The van der Waals surface area contributed by atoms with Gasteiger partial charge in [0, 0.05) is 4.88 Å². The van der Waals surface area contributed by atoms with Gasteiger partial charge in [0.25, 0.3) is 5.56 Å². The predicted molar refractivity (Wildman–Crippen MR) is 99.0 cm³/mol. The van der Waals surface area contributed by atoms with Crippen LogP contribution in [0.15, 0.2) is 71.5 Å². The van der Waals surface area contributed by atoms with Gasteiger partial charge in [-0.3, -0.25) is 4.79 Å². The maximum Gasteiger partial charge on any atom is 0.278 e. The third kappa shape index (κ3) is 3.29. The molecule has 0 atom stereocenters. The molecule has 25 heavy (non-hydrogen) atoms. The summed E-state index contributed by atoms with van der Waals surface area (Å²) in [6, 6.07) is 21.3. The van der Waals surface area contributed by atoms with Crippen molar-refractivity contribution in [3.05, 3.63) is 77.1 Å². The second kappa shape index (κ2) is 6.86. The number of benzene rings is 2. The quantitative estimate of drug-likeness (QED) is 0.552. The van der Waals surface area contributed by atoms with Gasteiger partial charge in [-0.2, -0.15) is 0 Å². The molecule has 0 aliphatic heterocycles. The zero-order valence-corrected chi connectivity index (χ0v) is 14.1. The fourth-order valence-electron chi connectivity index (χ4n) is 2.54. The molecule has 6 heteroatoms. The number of fused-ring (bicyclic) bond motifs is 1. The molecule has 0 bridgehead atoms. The van der Waals surface area contributed by atoms with Crippen molar-refractivity contribution < 1.29 is 4.74 Å². The van der Waals surface area contributed by atoms with Gasteiger partial charge in [0.15, 0.2) is 4.83 Å². The van der Waals surface area contributed by atoms with Gasteiger partial charge in [-0.15, -0.1) is 16.4 Å². The molecule has 0 radical (unpaired) electrons. The summed E-state index contributed by atoms with van der Waals surface area (Å²) in [5, 5.41) is 8.81. The highest BCUT2D eigenvalue weighted by Gasteiger charge is 2.11. The van der Waals surface area contributed by atoms with Crippen LogP contribution in [0.3, 0.4) is 0 Å². The highest BCUT2D eigenvalue weighted by molar-refractivity contribution is 7.21. The summed E-state index contributed by atoms with van der Waals surface area (Å²) in [4.78, 5) is 14.3. The van der Waals surface area contributed by atoms with Crippen molar-refractivity contribution in [1.29, 1.82) is 0 Å². The normalized spacial score (nSPS) is 10.9. The third-order valence-electron chi connectivity index (χ3n) is 3.79. The smallest absolute Gasteiger partial charge is 0.278 e. The van der Waals surface area contributed by atoms with Gasteiger partial charge in [0.05, 0.1) is 11.9 Å². The lowest BCUT2D eigenvalue weighted by molar-refractivity contribution is 0.285. The number of nitrogens with zero attached hydrogens (tertiary/aromatic N) is 3. The molecule has 0 aliphatic rings. The lowest BCUT2D eigenvalue weighted by Crippen LogP contribution is -2.26. The van der Waals surface area contributed by atoms with E-state index in [9.17, 15) is 4.79 Å². The first kappa shape index (κ1) is 15.5. The number of ether oxygens (including phenoxy) is 1. The maximum absolute atomic E-state index is 12.6. The van der Waals surface area contributed by atoms with E-state index in [2.05, 4.69) is 10.3 Å². The maximum atomic E-state index is 12.6. The van der Waals surface area contributed by atoms with Crippen LogP contribution in [0, 0.1) is 0 Å². The summed E-state index contributed by atoms with van der Waals surface area (Å²) in [6.07, 6.45) is 0. The zero-order valence-electron chi connectivity index (χ0n) is 13.3. The van der Waals surface area contributed by atoms with E-state index in [4.69, 9.17) is 4.74 Å². The minimum atomic E-state index is -0.139. The highest BCUT2D eigenvalue weighted by Crippen LogP contribution is 2.30. The van der Waals surface area contributed by atoms with Crippen molar-refractivity contribution in [2.75, 3.05) is 6.61 Å². The Morgan fingerprint density at radius 3 is 2.48 bits per heavy atom. The van der Waals surface area contributed by atoms with E-state index in [1.165, 1.54) is 16.0 Å². The van der Waals surface area contributed by atoms with Gasteiger partial charge >= 0.3 is 0 Å². The number of aromatic nitrogens is 3. The third-order valence-corrected chi connectivity index (χ3v) is 4.86. The number of hydrogen-bond donors (Lipinski definition) is 0. The number of thiophene rings is 1. The van der Waals surface area contributed by atoms with Crippen LogP contribution in [0.1, 0.15) is 0 Å². The Hall–Kier alpha value is -2.99. The Balaban J connectivity index is 1.56. The standard InChI is InChI=1S/C19H15N3O2S/c23-19-16-13-17(14-7-3-1-4-8-14)25-18(16)20-21-22(19)11-12-24-15-9-5-2-6-10-15/h1-10,13H,11-12H2. The lowest BCUT2D eigenvalue weighted by Gasteiger charge is -2.06. The van der Waals surface area contributed by atoms with Gasteiger partial charge in [0.1, 0.15) is 12.4 Å². The first-order valence-electron chi connectivity index (χ1n) is 7.92. The van der Waals surface area contributed by atoms with Crippen LogP contribution in [0.4, 0.5) is 0 Å². The van der Waals surface area contributed by atoms with E-state index in [0.717, 1.165) is 16.2 Å². The number of rotatable bonds is 5. The molecule has 5 nitrogen and oxygen atoms in total. The first-order valence-corrected chi connectivity index (χ1v) is 8.73. The molecule has 0 aliphatic carbocycles. The van der Waals surface area contributed by atoms with E-state index in [0.29, 0.717) is 23.4 Å². The molecule has 0 N–H and O–H groups in total. The Bertz CT molecular complexity index is 1040. The van der Waals surface area contributed by atoms with Crippen molar-refractivity contribution in [3.63, 3.8) is 0 Å². The Labute approximate surface area is 148 Å². The molecule has 0 saturated carbocycles. The molecule has 124 valence electrons. The van der Waals surface area contributed by atoms with Crippen LogP contribution < -0.4 is 10.3 Å². The Morgan fingerprint density at radius 2 is 1.72 bits per heavy atom. The van der Waals surface area contributed by atoms with Gasteiger partial charge in [-0.05, 0) is 23.8 Å². The molecule has 0 amide bonds. The number of para-hydroxylation sites is 1. The monoisotopic (exact) mass is 349 g/mol. The lowest BCUT2D eigenvalue weighted by atomic mass is 10.2. The molecule has 2 aromatic heterocycles. The molecule has 4 aromatic rings. The zero-order chi connectivity index (χ0) is 17.1. The topological polar surface area (TPSA) is 57.0 Å². The van der Waals surface area contributed by atoms with Crippen LogP contribution in [-0.2, 0) is 6.54 Å². The van der Waals surface area contributed by atoms with Gasteiger partial charge in [-0.25, -0.2) is 4.68 Å². The predicted octanol–water partition coefficient (Wildman–Crippen LogP) is 3.60. The van der Waals surface area contributed by atoms with Crippen molar-refractivity contribution >= 4 is 21.6 Å². The summed E-state index contributed by atoms with van der Waals surface area (Å²) in [5.74, 6) is 0.770. The van der Waals surface area contributed by atoms with Crippen LogP contribution >= 0.6 is 11.3 Å². The summed E-state index contributed by atoms with van der Waals surface area (Å²) in [5.41, 5.74) is 0.934. The minimum Gasteiger partial charge on any atom is -0.492 e. The van der Waals surface area contributed by atoms with Crippen molar-refractivity contribution in [3.8, 4) is 16.2 Å². The fourth-order valence-corrected chi connectivity index (χ4v) is 3.51. The highest BCUT2D eigenvalue weighted by atomic mass is 32.1. The van der Waals surface area contributed by atoms with Crippen LogP contribution in [0.25, 0.3) is 20.7 Å². The minimum absolute atomic E-state index is 0.139. The second-order valence-electron chi connectivity index (χ2n) is 5.47. The van der Waals surface area contributed by atoms with Crippen LogP contribution in [-0.4, -0.2) is 21.6 Å². The van der Waals surface area contributed by atoms with E-state index < -0.39 is 0 Å². The molecular formula is C19H15N3O2S. The molecule has 2 heterocycles. The molecule has 0 unspecified atom stereocenters. The fraction of sp³-hybridized carbons (Fsp3) is 0.105. The average Bonchev–Trinajstić information content (AvgIpc) is 3.10. The summed E-state index contributed by atoms with van der Waals surface area (Å²) in [7, 11) is 0. The van der Waals surface area contributed by atoms with Crippen molar-refractivity contribution in [2.24, 2.45) is 0 Å². The van der Waals surface area contributed by atoms with Gasteiger partial charge in [0.2, 0.25) is 0 Å². The average molecular weight is 349 g/mol. The molecule has 0 saturated heterocycles. The molecule has 0 spiro atoms. The molecule has 4 rings (SSSR count). The number of hydrogen-bond acceptors (Lipinski definition) is 5. The first-order chi connectivity index (χ1) is 12.3.